The van der Waals surface area contributed by atoms with E-state index in [1.165, 1.54) is 0 Å². The molecule has 0 saturated carbocycles. The Morgan fingerprint density at radius 2 is 0.850 bits per heavy atom. The van der Waals surface area contributed by atoms with Crippen LogP contribution in [0.2, 0.25) is 0 Å². The minimum Gasteiger partial charge on any atom is -0.327 e. The molecular weight excluding hydrogens is 624 g/mol. The number of benzene rings is 2. The number of piperidine rings is 2. The molecule has 4 rings (SSSR count). The van der Waals surface area contributed by atoms with Crippen molar-refractivity contribution < 1.29 is 26.3 Å². The van der Waals surface area contributed by atoms with Crippen LogP contribution in [0, 0.1) is 11.8 Å². The summed E-state index contributed by atoms with van der Waals surface area (Å²) < 4.78 is 76.5. The summed E-state index contributed by atoms with van der Waals surface area (Å²) in [6.45, 7) is 2.21. The van der Waals surface area contributed by atoms with Gasteiger partial charge >= 0.3 is 12.4 Å². The second kappa shape index (κ2) is 18.5. The lowest BCUT2D eigenvalue weighted by atomic mass is 9.94. The third kappa shape index (κ3) is 13.8. The molecule has 2 heterocycles. The van der Waals surface area contributed by atoms with E-state index in [1.807, 2.05) is 60.7 Å². The zero-order valence-electron chi connectivity index (χ0n) is 21.7. The predicted molar refractivity (Wildman–Crippen MR) is 157 cm³/mol. The molecule has 2 aliphatic rings. The molecule has 0 aromatic heterocycles. The van der Waals surface area contributed by atoms with Crippen LogP contribution in [0.25, 0.3) is 0 Å². The van der Waals surface area contributed by atoms with Crippen molar-refractivity contribution in [2.45, 2.75) is 50.4 Å². The van der Waals surface area contributed by atoms with E-state index in [1.54, 1.807) is 9.80 Å². The maximum Gasteiger partial charge on any atom is 0.393 e. The normalized spacial score (nSPS) is 23.6. The molecule has 232 valence electrons. The lowest BCUT2D eigenvalue weighted by molar-refractivity contribution is -0.189. The second-order valence-electron chi connectivity index (χ2n) is 9.83. The van der Waals surface area contributed by atoms with Crippen molar-refractivity contribution in [1.82, 2.24) is 9.80 Å². The zero-order chi connectivity index (χ0) is 26.3. The zero-order valence-corrected chi connectivity index (χ0v) is 25.0. The molecular formula is C26H38Cl4F6N4. The summed E-state index contributed by atoms with van der Waals surface area (Å²) in [5, 5.41) is 0. The molecule has 2 aliphatic heterocycles. The van der Waals surface area contributed by atoms with E-state index in [9.17, 15) is 26.3 Å². The van der Waals surface area contributed by atoms with E-state index >= 15 is 0 Å². The van der Waals surface area contributed by atoms with Crippen molar-refractivity contribution >= 4 is 49.6 Å². The van der Waals surface area contributed by atoms with Gasteiger partial charge in [0.05, 0.1) is 11.8 Å². The first-order chi connectivity index (χ1) is 16.9. The highest BCUT2D eigenvalue weighted by molar-refractivity contribution is 5.86. The van der Waals surface area contributed by atoms with Crippen molar-refractivity contribution in [2.75, 3.05) is 26.2 Å². The molecule has 2 aromatic carbocycles. The standard InChI is InChI=1S/2C13H17F3N2.4ClH/c2*14-13(15,16)11-6-12(17)9-18(8-11)7-10-4-2-1-3-5-10;;;;/h2*1-5,11-12H,6-9,17H2;4*1H/t2*11-,12+;;;;/m10..../s1. The predicted octanol–water partition coefficient (Wildman–Crippen LogP) is 6.48. The molecule has 0 radical (unpaired) electrons. The molecule has 0 amide bonds. The molecule has 2 saturated heterocycles. The highest BCUT2D eigenvalue weighted by Crippen LogP contribution is 2.34. The number of rotatable bonds is 4. The van der Waals surface area contributed by atoms with Gasteiger partial charge in [-0.15, -0.1) is 49.6 Å². The summed E-state index contributed by atoms with van der Waals surface area (Å²) in [5.74, 6) is -2.60. The number of nitrogens with zero attached hydrogens (tertiary/aromatic N) is 2. The third-order valence-corrected chi connectivity index (χ3v) is 6.54. The van der Waals surface area contributed by atoms with E-state index in [0.29, 0.717) is 26.2 Å². The molecule has 40 heavy (non-hydrogen) atoms. The summed E-state index contributed by atoms with van der Waals surface area (Å²) >= 11 is 0. The lowest BCUT2D eigenvalue weighted by Gasteiger charge is -2.37. The number of halogens is 10. The van der Waals surface area contributed by atoms with Gasteiger partial charge in [0.25, 0.3) is 0 Å². The Kier molecular flexibility index (Phi) is 19.1. The molecule has 0 unspecified atom stereocenters. The first-order valence-corrected chi connectivity index (χ1v) is 12.1. The van der Waals surface area contributed by atoms with Gasteiger partial charge in [-0.25, -0.2) is 0 Å². The summed E-state index contributed by atoms with van der Waals surface area (Å²) in [7, 11) is 0. The van der Waals surface area contributed by atoms with E-state index in [2.05, 4.69) is 0 Å². The van der Waals surface area contributed by atoms with E-state index in [-0.39, 0.29) is 75.6 Å². The van der Waals surface area contributed by atoms with Crippen LogP contribution in [0.4, 0.5) is 26.3 Å². The number of nitrogens with two attached hydrogens (primary N) is 2. The fraction of sp³-hybridized carbons (Fsp3) is 0.538. The summed E-state index contributed by atoms with van der Waals surface area (Å²) in [4.78, 5) is 3.59. The van der Waals surface area contributed by atoms with Gasteiger partial charge in [-0.1, -0.05) is 60.7 Å². The van der Waals surface area contributed by atoms with Crippen LogP contribution in [-0.4, -0.2) is 60.4 Å². The monoisotopic (exact) mass is 660 g/mol. The van der Waals surface area contributed by atoms with Crippen LogP contribution in [0.15, 0.2) is 60.7 Å². The number of hydrogen-bond donors (Lipinski definition) is 2. The van der Waals surface area contributed by atoms with E-state index in [0.717, 1.165) is 11.1 Å². The van der Waals surface area contributed by atoms with Crippen LogP contribution >= 0.6 is 49.6 Å². The summed E-state index contributed by atoms with van der Waals surface area (Å²) in [6, 6.07) is 18.2. The Bertz CT molecular complexity index is 849. The summed E-state index contributed by atoms with van der Waals surface area (Å²) in [6.07, 6.45) is -8.22. The maximum absolute atomic E-state index is 12.7. The second-order valence-corrected chi connectivity index (χ2v) is 9.83. The van der Waals surface area contributed by atoms with Crippen LogP contribution in [0.3, 0.4) is 0 Å². The largest absolute Gasteiger partial charge is 0.393 e. The van der Waals surface area contributed by atoms with E-state index < -0.39 is 36.3 Å². The first kappa shape index (κ1) is 41.2. The molecule has 0 bridgehead atoms. The highest BCUT2D eigenvalue weighted by Gasteiger charge is 2.44. The molecule has 14 heteroatoms. The minimum atomic E-state index is -4.15. The average Bonchev–Trinajstić information content (AvgIpc) is 2.79. The molecule has 4 atom stereocenters. The van der Waals surface area contributed by atoms with Gasteiger partial charge in [0, 0.05) is 51.4 Å². The van der Waals surface area contributed by atoms with Crippen molar-refractivity contribution in [2.24, 2.45) is 23.3 Å². The third-order valence-electron chi connectivity index (χ3n) is 6.54. The SMILES string of the molecule is Cl.Cl.Cl.Cl.N[C@@H]1C[C@H](C(F)(F)F)CN(Cc2ccccc2)C1.N[C@H]1C[C@@H](C(F)(F)F)CN(Cc2ccccc2)C1. The van der Waals surface area contributed by atoms with Gasteiger partial charge in [0.15, 0.2) is 0 Å². The average molecular weight is 662 g/mol. The minimum absolute atomic E-state index is 0. The fourth-order valence-corrected chi connectivity index (χ4v) is 4.88. The van der Waals surface area contributed by atoms with Gasteiger partial charge in [-0.3, -0.25) is 9.80 Å². The van der Waals surface area contributed by atoms with Gasteiger partial charge in [0.2, 0.25) is 0 Å². The Labute approximate surface area is 256 Å². The number of alkyl halides is 6. The van der Waals surface area contributed by atoms with Gasteiger partial charge < -0.3 is 11.5 Å². The highest BCUT2D eigenvalue weighted by atomic mass is 35.5. The Balaban J connectivity index is 0. The number of likely N-dealkylation sites (tertiary alicyclic amines) is 2. The van der Waals surface area contributed by atoms with Crippen LogP contribution < -0.4 is 11.5 Å². The van der Waals surface area contributed by atoms with Crippen molar-refractivity contribution in [3.8, 4) is 0 Å². The van der Waals surface area contributed by atoms with Gasteiger partial charge in [-0.05, 0) is 24.0 Å². The molecule has 2 aromatic rings. The van der Waals surface area contributed by atoms with Crippen LogP contribution in [0.1, 0.15) is 24.0 Å². The smallest absolute Gasteiger partial charge is 0.327 e. The quantitative estimate of drug-likeness (QED) is 0.368. The van der Waals surface area contributed by atoms with Crippen LogP contribution in [0.5, 0.6) is 0 Å². The molecule has 0 spiro atoms. The molecule has 0 aliphatic carbocycles. The molecule has 2 fully saturated rings. The lowest BCUT2D eigenvalue weighted by Crippen LogP contribution is -2.50. The van der Waals surface area contributed by atoms with Crippen molar-refractivity contribution in [1.29, 1.82) is 0 Å². The van der Waals surface area contributed by atoms with Gasteiger partial charge in [0.1, 0.15) is 0 Å². The van der Waals surface area contributed by atoms with Crippen molar-refractivity contribution in [3.63, 3.8) is 0 Å². The molecule has 4 N–H and O–H groups in total. The van der Waals surface area contributed by atoms with Gasteiger partial charge in [-0.2, -0.15) is 26.3 Å². The van der Waals surface area contributed by atoms with E-state index in [4.69, 9.17) is 11.5 Å². The Morgan fingerprint density at radius 3 is 1.12 bits per heavy atom. The number of hydrogen-bond acceptors (Lipinski definition) is 4. The molecule has 4 nitrogen and oxygen atoms in total. The first-order valence-electron chi connectivity index (χ1n) is 12.1. The topological polar surface area (TPSA) is 58.5 Å². The Morgan fingerprint density at radius 1 is 0.550 bits per heavy atom. The van der Waals surface area contributed by atoms with Crippen LogP contribution in [-0.2, 0) is 13.1 Å². The fourth-order valence-electron chi connectivity index (χ4n) is 4.88. The van der Waals surface area contributed by atoms with Crippen molar-refractivity contribution in [3.05, 3.63) is 71.8 Å². The maximum atomic E-state index is 12.7. The Hall–Kier alpha value is -0.980. The summed E-state index contributed by atoms with van der Waals surface area (Å²) in [5.41, 5.74) is 13.5.